The van der Waals surface area contributed by atoms with Crippen molar-refractivity contribution in [1.29, 1.82) is 0 Å². The summed E-state index contributed by atoms with van der Waals surface area (Å²) in [6, 6.07) is 9.04. The number of hydrogen-bond acceptors (Lipinski definition) is 4. The van der Waals surface area contributed by atoms with E-state index in [1.54, 1.807) is 13.0 Å². The number of aromatic carboxylic acids is 1. The quantitative estimate of drug-likeness (QED) is 0.510. The van der Waals surface area contributed by atoms with Gasteiger partial charge >= 0.3 is 5.97 Å². The molecule has 0 bridgehead atoms. The Hall–Kier alpha value is -2.53. The van der Waals surface area contributed by atoms with Crippen LogP contribution in [0, 0.1) is 6.92 Å². The number of Topliss-reactive ketones (excluding diaryl/α,β-unsaturated/α-hetero) is 1. The number of carbonyl (C=O) groups excluding carboxylic acids is 1. The van der Waals surface area contributed by atoms with Crippen molar-refractivity contribution in [3.05, 3.63) is 57.6 Å². The van der Waals surface area contributed by atoms with Gasteiger partial charge in [-0.15, -0.1) is 0 Å². The Bertz CT molecular complexity index is 904. The topological polar surface area (TPSA) is 89.6 Å². The highest BCUT2D eigenvalue weighted by Gasteiger charge is 2.23. The molecule has 0 unspecified atom stereocenters. The van der Waals surface area contributed by atoms with Crippen LogP contribution in [0.15, 0.2) is 30.3 Å². The third kappa shape index (κ3) is 4.30. The molecule has 28 heavy (non-hydrogen) atoms. The van der Waals surface area contributed by atoms with Gasteiger partial charge in [0.25, 0.3) is 0 Å². The molecular weight excluding hydrogens is 378 g/mol. The van der Waals surface area contributed by atoms with Gasteiger partial charge in [0.15, 0.2) is 6.61 Å². The van der Waals surface area contributed by atoms with Crippen molar-refractivity contribution in [2.75, 3.05) is 12.3 Å². The molecule has 148 valence electrons. The zero-order valence-electron chi connectivity index (χ0n) is 15.8. The summed E-state index contributed by atoms with van der Waals surface area (Å²) >= 11 is 6.02. The van der Waals surface area contributed by atoms with Crippen LogP contribution in [-0.4, -0.2) is 23.5 Å². The second kappa shape index (κ2) is 8.65. The Labute approximate surface area is 169 Å². The fourth-order valence-electron chi connectivity index (χ4n) is 3.75. The van der Waals surface area contributed by atoms with E-state index < -0.39 is 11.8 Å². The number of nitrogen functional groups attached to an aromatic ring is 1. The number of hydrogen-bond donors (Lipinski definition) is 2. The fourth-order valence-corrected chi connectivity index (χ4v) is 3.96. The third-order valence-electron chi connectivity index (χ3n) is 5.39. The first kappa shape index (κ1) is 20.2. The molecule has 1 fully saturated rings. The lowest BCUT2D eigenvalue weighted by Crippen LogP contribution is -2.19. The van der Waals surface area contributed by atoms with Crippen molar-refractivity contribution in [1.82, 2.24) is 0 Å². The van der Waals surface area contributed by atoms with Gasteiger partial charge in [-0.2, -0.15) is 0 Å². The van der Waals surface area contributed by atoms with E-state index in [-0.39, 0.29) is 28.4 Å². The first-order valence-corrected chi connectivity index (χ1v) is 9.84. The second-order valence-electron chi connectivity index (χ2n) is 7.24. The van der Waals surface area contributed by atoms with Crippen molar-refractivity contribution in [2.24, 2.45) is 0 Å². The Morgan fingerprint density at radius 1 is 1.21 bits per heavy atom. The van der Waals surface area contributed by atoms with E-state index in [0.717, 1.165) is 0 Å². The maximum Gasteiger partial charge on any atom is 0.336 e. The number of ketones is 1. The molecule has 0 aromatic heterocycles. The number of rotatable bonds is 6. The van der Waals surface area contributed by atoms with Crippen LogP contribution in [0.1, 0.15) is 69.9 Å². The fraction of sp³-hybridized carbons (Fsp3) is 0.364. The second-order valence-corrected chi connectivity index (χ2v) is 7.65. The Morgan fingerprint density at radius 2 is 1.93 bits per heavy atom. The molecule has 0 saturated heterocycles. The molecule has 2 aromatic rings. The monoisotopic (exact) mass is 401 g/mol. The molecule has 0 atom stereocenters. The SMILES string of the molecule is Cc1c(Cl)cc(C(=O)O)c(C(=O)COc2cccc(C3CCCCC3)c2)c1N. The lowest BCUT2D eigenvalue weighted by atomic mass is 9.84. The van der Waals surface area contributed by atoms with Gasteiger partial charge in [-0.05, 0) is 55.0 Å². The van der Waals surface area contributed by atoms with Gasteiger partial charge in [-0.25, -0.2) is 4.79 Å². The van der Waals surface area contributed by atoms with Gasteiger partial charge in [-0.1, -0.05) is 43.0 Å². The van der Waals surface area contributed by atoms with Crippen LogP contribution >= 0.6 is 11.6 Å². The molecule has 2 aromatic carbocycles. The van der Waals surface area contributed by atoms with Gasteiger partial charge in [0, 0.05) is 10.7 Å². The van der Waals surface area contributed by atoms with E-state index in [2.05, 4.69) is 6.07 Å². The van der Waals surface area contributed by atoms with E-state index in [9.17, 15) is 14.7 Å². The number of carboxylic acid groups (broad SMARTS) is 1. The minimum Gasteiger partial charge on any atom is -0.485 e. The first-order chi connectivity index (χ1) is 13.4. The summed E-state index contributed by atoms with van der Waals surface area (Å²) in [5, 5.41) is 9.63. The maximum absolute atomic E-state index is 12.7. The zero-order chi connectivity index (χ0) is 20.3. The van der Waals surface area contributed by atoms with Crippen molar-refractivity contribution < 1.29 is 19.4 Å². The number of carbonyl (C=O) groups is 2. The smallest absolute Gasteiger partial charge is 0.336 e. The summed E-state index contributed by atoms with van der Waals surface area (Å²) in [5.74, 6) is -0.618. The van der Waals surface area contributed by atoms with E-state index in [1.807, 2.05) is 12.1 Å². The molecule has 3 N–H and O–H groups in total. The zero-order valence-corrected chi connectivity index (χ0v) is 16.6. The van der Waals surface area contributed by atoms with E-state index in [0.29, 0.717) is 17.2 Å². The average Bonchev–Trinajstić information content (AvgIpc) is 2.70. The third-order valence-corrected chi connectivity index (χ3v) is 5.78. The van der Waals surface area contributed by atoms with Gasteiger partial charge in [0.2, 0.25) is 5.78 Å². The lowest BCUT2D eigenvalue weighted by Gasteiger charge is -2.22. The van der Waals surface area contributed by atoms with Crippen LogP contribution in [0.4, 0.5) is 5.69 Å². The van der Waals surface area contributed by atoms with Crippen LogP contribution in [0.3, 0.4) is 0 Å². The lowest BCUT2D eigenvalue weighted by molar-refractivity contribution is 0.0690. The van der Waals surface area contributed by atoms with Crippen LogP contribution in [0.5, 0.6) is 5.75 Å². The maximum atomic E-state index is 12.7. The van der Waals surface area contributed by atoms with Crippen LogP contribution in [-0.2, 0) is 0 Å². The Balaban J connectivity index is 1.78. The summed E-state index contributed by atoms with van der Waals surface area (Å²) < 4.78 is 5.68. The molecule has 1 saturated carbocycles. The number of nitrogens with two attached hydrogens (primary N) is 1. The molecule has 0 heterocycles. The van der Waals surface area contributed by atoms with Crippen molar-refractivity contribution in [3.8, 4) is 5.75 Å². The minimum absolute atomic E-state index is 0.0576. The molecule has 1 aliphatic carbocycles. The number of carboxylic acids is 1. The summed E-state index contributed by atoms with van der Waals surface area (Å²) in [6.07, 6.45) is 6.10. The highest BCUT2D eigenvalue weighted by atomic mass is 35.5. The predicted octanol–water partition coefficient (Wildman–Crippen LogP) is 5.24. The predicted molar refractivity (Wildman–Crippen MR) is 110 cm³/mol. The normalized spacial score (nSPS) is 14.6. The van der Waals surface area contributed by atoms with Crippen LogP contribution in [0.25, 0.3) is 0 Å². The van der Waals surface area contributed by atoms with E-state index in [4.69, 9.17) is 22.1 Å². The standard InChI is InChI=1S/C22H24ClNO4/c1-13-18(23)11-17(22(26)27)20(21(13)24)19(25)12-28-16-9-5-8-15(10-16)14-6-3-2-4-7-14/h5,8-11,14H,2-4,6-7,12,24H2,1H3,(H,26,27). The minimum atomic E-state index is -1.25. The van der Waals surface area contributed by atoms with Crippen molar-refractivity contribution in [3.63, 3.8) is 0 Å². The highest BCUT2D eigenvalue weighted by Crippen LogP contribution is 2.34. The number of halogens is 1. The summed E-state index contributed by atoms with van der Waals surface area (Å²) in [6.45, 7) is 1.36. The van der Waals surface area contributed by atoms with Crippen molar-refractivity contribution >= 4 is 29.0 Å². The number of benzene rings is 2. The van der Waals surface area contributed by atoms with Gasteiger partial charge in [0.1, 0.15) is 5.75 Å². The molecule has 0 amide bonds. The largest absolute Gasteiger partial charge is 0.485 e. The molecular formula is C22H24ClNO4. The molecule has 0 aliphatic heterocycles. The molecule has 6 heteroatoms. The van der Waals surface area contributed by atoms with Gasteiger partial charge in [-0.3, -0.25) is 4.79 Å². The van der Waals surface area contributed by atoms with Crippen LogP contribution in [0.2, 0.25) is 5.02 Å². The summed E-state index contributed by atoms with van der Waals surface area (Å²) in [5.41, 5.74) is 7.50. The van der Waals surface area contributed by atoms with Crippen LogP contribution < -0.4 is 10.5 Å². The highest BCUT2D eigenvalue weighted by molar-refractivity contribution is 6.32. The average molecular weight is 402 g/mol. The molecule has 0 radical (unpaired) electrons. The van der Waals surface area contributed by atoms with Gasteiger partial charge in [0.05, 0.1) is 11.1 Å². The Morgan fingerprint density at radius 3 is 2.61 bits per heavy atom. The summed E-state index contributed by atoms with van der Waals surface area (Å²) in [4.78, 5) is 24.2. The molecule has 1 aliphatic rings. The number of ether oxygens (including phenoxy) is 1. The van der Waals surface area contributed by atoms with Crippen molar-refractivity contribution in [2.45, 2.75) is 44.9 Å². The summed E-state index contributed by atoms with van der Waals surface area (Å²) in [7, 11) is 0. The van der Waals surface area contributed by atoms with E-state index >= 15 is 0 Å². The number of anilines is 1. The van der Waals surface area contributed by atoms with E-state index in [1.165, 1.54) is 43.7 Å². The van der Waals surface area contributed by atoms with Gasteiger partial charge < -0.3 is 15.6 Å². The molecule has 5 nitrogen and oxygen atoms in total. The molecule has 3 rings (SSSR count). The molecule has 0 spiro atoms. The first-order valence-electron chi connectivity index (χ1n) is 9.46. The Kier molecular flexibility index (Phi) is 6.25.